The lowest BCUT2D eigenvalue weighted by atomic mass is 9.88. The Labute approximate surface area is 129 Å². The summed E-state index contributed by atoms with van der Waals surface area (Å²) in [6, 6.07) is 3.94. The highest BCUT2D eigenvalue weighted by Crippen LogP contribution is 2.26. The molecule has 1 saturated carbocycles. The van der Waals surface area contributed by atoms with Crippen LogP contribution in [0.4, 0.5) is 4.39 Å². The number of benzene rings is 1. The standard InChI is InChI=1S/C16H21ClFNO2/c1-11-4-2-3-5-15(11)21-9-8-19-16(20)13-10-12(17)6-7-14(13)18/h6-7,10-11,15H,2-5,8-9H2,1H3,(H,19,20)/t11-,15+/m1/s1. The van der Waals surface area contributed by atoms with Crippen LogP contribution in [0.5, 0.6) is 0 Å². The lowest BCUT2D eigenvalue weighted by Gasteiger charge is -2.28. The first-order chi connectivity index (χ1) is 10.1. The van der Waals surface area contributed by atoms with Crippen LogP contribution in [0.15, 0.2) is 18.2 Å². The van der Waals surface area contributed by atoms with E-state index in [1.54, 1.807) is 0 Å². The van der Waals surface area contributed by atoms with Gasteiger partial charge in [0, 0.05) is 11.6 Å². The average Bonchev–Trinajstić information content (AvgIpc) is 2.47. The van der Waals surface area contributed by atoms with Crippen molar-refractivity contribution < 1.29 is 13.9 Å². The summed E-state index contributed by atoms with van der Waals surface area (Å²) in [4.78, 5) is 11.9. The Bertz CT molecular complexity index is 495. The molecular formula is C16H21ClFNO2. The maximum Gasteiger partial charge on any atom is 0.254 e. The van der Waals surface area contributed by atoms with Gasteiger partial charge in [0.15, 0.2) is 0 Å². The maximum atomic E-state index is 13.5. The van der Waals surface area contributed by atoms with Crippen molar-refractivity contribution in [2.45, 2.75) is 38.7 Å². The minimum Gasteiger partial charge on any atom is -0.376 e. The molecule has 0 saturated heterocycles. The van der Waals surface area contributed by atoms with E-state index < -0.39 is 11.7 Å². The second-order valence-corrected chi connectivity index (χ2v) is 5.99. The second-order valence-electron chi connectivity index (χ2n) is 5.55. The fourth-order valence-electron chi connectivity index (χ4n) is 2.67. The summed E-state index contributed by atoms with van der Waals surface area (Å²) in [5.41, 5.74) is -0.0338. The molecule has 21 heavy (non-hydrogen) atoms. The van der Waals surface area contributed by atoms with Crippen LogP contribution in [-0.2, 0) is 4.74 Å². The molecule has 0 spiro atoms. The molecule has 0 radical (unpaired) electrons. The van der Waals surface area contributed by atoms with Gasteiger partial charge < -0.3 is 10.1 Å². The molecule has 1 amide bonds. The molecule has 1 aliphatic carbocycles. The summed E-state index contributed by atoms with van der Waals surface area (Å²) in [6.07, 6.45) is 5.03. The van der Waals surface area contributed by atoms with Crippen molar-refractivity contribution >= 4 is 17.5 Å². The van der Waals surface area contributed by atoms with E-state index >= 15 is 0 Å². The average molecular weight is 314 g/mol. The van der Waals surface area contributed by atoms with Crippen molar-refractivity contribution in [2.75, 3.05) is 13.2 Å². The van der Waals surface area contributed by atoms with E-state index in [0.717, 1.165) is 6.42 Å². The molecule has 1 N–H and O–H groups in total. The van der Waals surface area contributed by atoms with E-state index in [1.807, 2.05) is 0 Å². The number of halogens is 2. The number of hydrogen-bond donors (Lipinski definition) is 1. The molecule has 0 bridgehead atoms. The van der Waals surface area contributed by atoms with E-state index in [0.29, 0.717) is 24.1 Å². The van der Waals surface area contributed by atoms with Crippen LogP contribution in [0.3, 0.4) is 0 Å². The van der Waals surface area contributed by atoms with Crippen LogP contribution in [0.1, 0.15) is 43.0 Å². The van der Waals surface area contributed by atoms with Crippen molar-refractivity contribution in [2.24, 2.45) is 5.92 Å². The second kappa shape index (κ2) is 7.76. The van der Waals surface area contributed by atoms with E-state index in [4.69, 9.17) is 16.3 Å². The number of carbonyl (C=O) groups excluding carboxylic acids is 1. The molecule has 116 valence electrons. The first-order valence-corrected chi connectivity index (χ1v) is 7.80. The summed E-state index contributed by atoms with van der Waals surface area (Å²) in [6.45, 7) is 3.01. The molecule has 1 aromatic rings. The van der Waals surface area contributed by atoms with Crippen LogP contribution < -0.4 is 5.32 Å². The zero-order valence-electron chi connectivity index (χ0n) is 12.2. The highest BCUT2D eigenvalue weighted by atomic mass is 35.5. The molecular weight excluding hydrogens is 293 g/mol. The van der Waals surface area contributed by atoms with Gasteiger partial charge in [-0.15, -0.1) is 0 Å². The maximum absolute atomic E-state index is 13.5. The lowest BCUT2D eigenvalue weighted by Crippen LogP contribution is -2.32. The Balaban J connectivity index is 1.75. The molecule has 5 heteroatoms. The monoisotopic (exact) mass is 313 g/mol. The van der Waals surface area contributed by atoms with Crippen molar-refractivity contribution in [3.05, 3.63) is 34.6 Å². The van der Waals surface area contributed by atoms with Gasteiger partial charge in [-0.3, -0.25) is 4.79 Å². The van der Waals surface area contributed by atoms with Crippen molar-refractivity contribution in [3.8, 4) is 0 Å². The lowest BCUT2D eigenvalue weighted by molar-refractivity contribution is -0.00295. The van der Waals surface area contributed by atoms with E-state index in [1.165, 1.54) is 37.5 Å². The zero-order valence-corrected chi connectivity index (χ0v) is 13.0. The van der Waals surface area contributed by atoms with Gasteiger partial charge >= 0.3 is 0 Å². The minimum atomic E-state index is -0.571. The zero-order chi connectivity index (χ0) is 15.2. The largest absolute Gasteiger partial charge is 0.376 e. The number of carbonyl (C=O) groups is 1. The van der Waals surface area contributed by atoms with E-state index in [9.17, 15) is 9.18 Å². The predicted octanol–water partition coefficient (Wildman–Crippen LogP) is 3.80. The molecule has 0 aliphatic heterocycles. The third-order valence-corrected chi connectivity index (χ3v) is 4.16. The quantitative estimate of drug-likeness (QED) is 0.840. The molecule has 0 aromatic heterocycles. The summed E-state index contributed by atoms with van der Waals surface area (Å²) < 4.78 is 19.3. The van der Waals surface area contributed by atoms with Crippen molar-refractivity contribution in [1.82, 2.24) is 5.32 Å². The van der Waals surface area contributed by atoms with Gasteiger partial charge in [0.25, 0.3) is 5.91 Å². The Morgan fingerprint density at radius 3 is 2.95 bits per heavy atom. The van der Waals surface area contributed by atoms with Gasteiger partial charge in [0.1, 0.15) is 5.82 Å². The molecule has 1 aliphatic rings. The molecule has 3 nitrogen and oxygen atoms in total. The first kappa shape index (κ1) is 16.2. The Morgan fingerprint density at radius 2 is 2.19 bits per heavy atom. The van der Waals surface area contributed by atoms with Crippen LogP contribution in [0.25, 0.3) is 0 Å². The number of hydrogen-bond acceptors (Lipinski definition) is 2. The number of amides is 1. The molecule has 1 aromatic carbocycles. The topological polar surface area (TPSA) is 38.3 Å². The summed E-state index contributed by atoms with van der Waals surface area (Å²) in [7, 11) is 0. The Kier molecular flexibility index (Phi) is 6.00. The highest BCUT2D eigenvalue weighted by molar-refractivity contribution is 6.30. The van der Waals surface area contributed by atoms with Gasteiger partial charge in [-0.1, -0.05) is 31.4 Å². The third-order valence-electron chi connectivity index (χ3n) is 3.93. The Morgan fingerprint density at radius 1 is 1.43 bits per heavy atom. The summed E-state index contributed by atoms with van der Waals surface area (Å²) in [5.74, 6) is -0.464. The number of ether oxygens (including phenoxy) is 1. The minimum absolute atomic E-state index is 0.0338. The molecule has 0 heterocycles. The van der Waals surface area contributed by atoms with Gasteiger partial charge in [-0.2, -0.15) is 0 Å². The van der Waals surface area contributed by atoms with Crippen LogP contribution in [-0.4, -0.2) is 25.2 Å². The predicted molar refractivity (Wildman–Crippen MR) is 81.1 cm³/mol. The fourth-order valence-corrected chi connectivity index (χ4v) is 2.84. The number of nitrogens with one attached hydrogen (secondary N) is 1. The van der Waals surface area contributed by atoms with Crippen LogP contribution in [0.2, 0.25) is 5.02 Å². The van der Waals surface area contributed by atoms with Crippen LogP contribution >= 0.6 is 11.6 Å². The van der Waals surface area contributed by atoms with Crippen LogP contribution in [0, 0.1) is 11.7 Å². The molecule has 2 atom stereocenters. The third kappa shape index (κ3) is 4.68. The van der Waals surface area contributed by atoms with Gasteiger partial charge in [-0.05, 0) is 37.0 Å². The smallest absolute Gasteiger partial charge is 0.254 e. The fraction of sp³-hybridized carbons (Fsp3) is 0.562. The SMILES string of the molecule is C[C@@H]1CCCC[C@@H]1OCCNC(=O)c1cc(Cl)ccc1F. The highest BCUT2D eigenvalue weighted by Gasteiger charge is 2.21. The van der Waals surface area contributed by atoms with E-state index in [-0.39, 0.29) is 11.7 Å². The normalized spacial score (nSPS) is 22.0. The summed E-state index contributed by atoms with van der Waals surface area (Å²) in [5, 5.41) is 3.00. The number of rotatable bonds is 5. The Hall–Kier alpha value is -1.13. The first-order valence-electron chi connectivity index (χ1n) is 7.43. The van der Waals surface area contributed by atoms with Crippen molar-refractivity contribution in [3.63, 3.8) is 0 Å². The summed E-state index contributed by atoms with van der Waals surface area (Å²) >= 11 is 5.77. The van der Waals surface area contributed by atoms with Gasteiger partial charge in [0.05, 0.1) is 18.3 Å². The molecule has 1 fully saturated rings. The van der Waals surface area contributed by atoms with Gasteiger partial charge in [-0.25, -0.2) is 4.39 Å². The van der Waals surface area contributed by atoms with E-state index in [2.05, 4.69) is 12.2 Å². The molecule has 2 rings (SSSR count). The van der Waals surface area contributed by atoms with Gasteiger partial charge in [0.2, 0.25) is 0 Å². The van der Waals surface area contributed by atoms with Crippen molar-refractivity contribution in [1.29, 1.82) is 0 Å². The molecule has 0 unspecified atom stereocenters.